The summed E-state index contributed by atoms with van der Waals surface area (Å²) in [5, 5.41) is 2.67. The predicted octanol–water partition coefficient (Wildman–Crippen LogP) is 2.38. The van der Waals surface area contributed by atoms with Gasteiger partial charge in [-0.3, -0.25) is 4.79 Å². The van der Waals surface area contributed by atoms with E-state index in [0.29, 0.717) is 13.2 Å². The fourth-order valence-corrected chi connectivity index (χ4v) is 4.33. The van der Waals surface area contributed by atoms with Gasteiger partial charge >= 0.3 is 12.0 Å². The highest BCUT2D eigenvalue weighted by Gasteiger charge is 2.31. The summed E-state index contributed by atoms with van der Waals surface area (Å²) < 4.78 is 4.79. The molecule has 1 aromatic heterocycles. The molecule has 0 saturated carbocycles. The number of rotatable bonds is 4. The maximum atomic E-state index is 12.1. The van der Waals surface area contributed by atoms with Crippen molar-refractivity contribution in [3.63, 3.8) is 0 Å². The Balaban J connectivity index is 1.93. The minimum absolute atomic E-state index is 0.0518. The number of carbonyl (C=O) groups excluding carboxylic acids is 2. The molecule has 0 unspecified atom stereocenters. The van der Waals surface area contributed by atoms with Crippen LogP contribution in [0.3, 0.4) is 0 Å². The first kappa shape index (κ1) is 15.2. The number of urea groups is 1. The second-order valence-electron chi connectivity index (χ2n) is 4.33. The molecule has 1 N–H and O–H groups in total. The minimum Gasteiger partial charge on any atom is -0.465 e. The molecule has 1 saturated heterocycles. The quantitative estimate of drug-likeness (QED) is 0.867. The molecule has 0 aliphatic carbocycles. The Kier molecular flexibility index (Phi) is 5.31. The Hall–Kier alpha value is -1.21. The summed E-state index contributed by atoms with van der Waals surface area (Å²) in [6.45, 7) is 4.74. The Morgan fingerprint density at radius 3 is 2.95 bits per heavy atom. The van der Waals surface area contributed by atoms with Crippen LogP contribution < -0.4 is 5.32 Å². The highest BCUT2D eigenvalue weighted by Crippen LogP contribution is 2.40. The standard InChI is InChI=1S/C13H18N2O3S2/c1-3-18-11(16)8-14-13(17)15-6-7-19-12(15)10-5-4-9(2)20-10/h4-5,12H,3,6-8H2,1-2H3,(H,14,17)/t12-/m1/s1. The molecule has 1 fully saturated rings. The van der Waals surface area contributed by atoms with Crippen LogP contribution in [-0.4, -0.2) is 42.3 Å². The SMILES string of the molecule is CCOC(=O)CNC(=O)N1CCS[C@@H]1c1ccc(C)s1. The molecule has 5 nitrogen and oxygen atoms in total. The van der Waals surface area contributed by atoms with E-state index in [-0.39, 0.29) is 17.9 Å². The predicted molar refractivity (Wildman–Crippen MR) is 81.0 cm³/mol. The monoisotopic (exact) mass is 314 g/mol. The summed E-state index contributed by atoms with van der Waals surface area (Å²) in [4.78, 5) is 27.6. The number of nitrogens with zero attached hydrogens (tertiary/aromatic N) is 1. The average molecular weight is 314 g/mol. The van der Waals surface area contributed by atoms with E-state index in [0.717, 1.165) is 5.75 Å². The molecule has 0 aromatic carbocycles. The number of ether oxygens (including phenoxy) is 1. The largest absolute Gasteiger partial charge is 0.465 e. The van der Waals surface area contributed by atoms with Crippen molar-refractivity contribution in [3.8, 4) is 0 Å². The zero-order valence-corrected chi connectivity index (χ0v) is 13.2. The van der Waals surface area contributed by atoms with Crippen molar-refractivity contribution in [3.05, 3.63) is 21.9 Å². The maximum absolute atomic E-state index is 12.1. The van der Waals surface area contributed by atoms with Crippen molar-refractivity contribution in [1.29, 1.82) is 0 Å². The average Bonchev–Trinajstić information content (AvgIpc) is 3.04. The molecule has 1 atom stereocenters. The van der Waals surface area contributed by atoms with Crippen molar-refractivity contribution in [2.75, 3.05) is 25.4 Å². The smallest absolute Gasteiger partial charge is 0.325 e. The van der Waals surface area contributed by atoms with Crippen LogP contribution in [0.1, 0.15) is 22.1 Å². The number of hydrogen-bond donors (Lipinski definition) is 1. The molecule has 2 heterocycles. The van der Waals surface area contributed by atoms with Crippen LogP contribution in [0, 0.1) is 6.92 Å². The minimum atomic E-state index is -0.406. The molecule has 0 spiro atoms. The number of nitrogens with one attached hydrogen (secondary N) is 1. The Morgan fingerprint density at radius 2 is 2.30 bits per heavy atom. The summed E-state index contributed by atoms with van der Waals surface area (Å²) in [6, 6.07) is 3.92. The van der Waals surface area contributed by atoms with Gasteiger partial charge in [0.25, 0.3) is 0 Å². The zero-order valence-electron chi connectivity index (χ0n) is 11.5. The highest BCUT2D eigenvalue weighted by atomic mass is 32.2. The molecular formula is C13H18N2O3S2. The van der Waals surface area contributed by atoms with Gasteiger partial charge in [0.2, 0.25) is 0 Å². The van der Waals surface area contributed by atoms with Crippen molar-refractivity contribution >= 4 is 35.1 Å². The van der Waals surface area contributed by atoms with Gasteiger partial charge in [0, 0.05) is 22.1 Å². The van der Waals surface area contributed by atoms with Crippen molar-refractivity contribution in [2.24, 2.45) is 0 Å². The Morgan fingerprint density at radius 1 is 1.50 bits per heavy atom. The molecule has 1 aromatic rings. The van der Waals surface area contributed by atoms with Gasteiger partial charge in [0.15, 0.2) is 0 Å². The topological polar surface area (TPSA) is 58.6 Å². The molecule has 0 radical (unpaired) electrons. The number of thiophene rings is 1. The van der Waals surface area contributed by atoms with Gasteiger partial charge in [-0.15, -0.1) is 23.1 Å². The maximum Gasteiger partial charge on any atom is 0.325 e. The second kappa shape index (κ2) is 6.99. The van der Waals surface area contributed by atoms with Crippen LogP contribution in [0.15, 0.2) is 12.1 Å². The van der Waals surface area contributed by atoms with E-state index in [4.69, 9.17) is 4.74 Å². The zero-order chi connectivity index (χ0) is 14.5. The van der Waals surface area contributed by atoms with E-state index in [1.165, 1.54) is 9.75 Å². The third-order valence-electron chi connectivity index (χ3n) is 2.85. The summed E-state index contributed by atoms with van der Waals surface area (Å²) in [6.07, 6.45) is 0. The molecule has 20 heavy (non-hydrogen) atoms. The molecule has 2 rings (SSSR count). The van der Waals surface area contributed by atoms with E-state index in [9.17, 15) is 9.59 Å². The van der Waals surface area contributed by atoms with Crippen LogP contribution >= 0.6 is 23.1 Å². The summed E-state index contributed by atoms with van der Waals surface area (Å²) >= 11 is 3.45. The molecule has 2 amide bonds. The Labute approximate surface area is 126 Å². The van der Waals surface area contributed by atoms with Crippen LogP contribution in [0.2, 0.25) is 0 Å². The lowest BCUT2D eigenvalue weighted by atomic mass is 10.4. The van der Waals surface area contributed by atoms with Gasteiger partial charge in [-0.05, 0) is 26.0 Å². The number of esters is 1. The lowest BCUT2D eigenvalue weighted by molar-refractivity contribution is -0.141. The normalized spacial score (nSPS) is 18.1. The molecule has 7 heteroatoms. The third-order valence-corrected chi connectivity index (χ3v) is 5.29. The van der Waals surface area contributed by atoms with Gasteiger partial charge in [-0.1, -0.05) is 0 Å². The first-order valence-corrected chi connectivity index (χ1v) is 8.36. The molecule has 1 aliphatic heterocycles. The number of aryl methyl sites for hydroxylation is 1. The van der Waals surface area contributed by atoms with E-state index in [2.05, 4.69) is 24.4 Å². The van der Waals surface area contributed by atoms with E-state index in [1.54, 1.807) is 34.9 Å². The van der Waals surface area contributed by atoms with Crippen LogP contribution in [0.4, 0.5) is 4.79 Å². The van der Waals surface area contributed by atoms with Gasteiger partial charge in [0.1, 0.15) is 11.9 Å². The fourth-order valence-electron chi connectivity index (χ4n) is 1.96. The summed E-state index contributed by atoms with van der Waals surface area (Å²) in [7, 11) is 0. The van der Waals surface area contributed by atoms with Gasteiger partial charge in [-0.2, -0.15) is 0 Å². The van der Waals surface area contributed by atoms with E-state index < -0.39 is 5.97 Å². The van der Waals surface area contributed by atoms with E-state index in [1.807, 2.05) is 0 Å². The number of hydrogen-bond acceptors (Lipinski definition) is 5. The van der Waals surface area contributed by atoms with Crippen LogP contribution in [0.25, 0.3) is 0 Å². The van der Waals surface area contributed by atoms with Gasteiger partial charge in [-0.25, -0.2) is 4.79 Å². The van der Waals surface area contributed by atoms with Crippen molar-refractivity contribution < 1.29 is 14.3 Å². The number of amides is 2. The summed E-state index contributed by atoms with van der Waals surface area (Å²) in [5.41, 5.74) is 0. The first-order chi connectivity index (χ1) is 9.61. The van der Waals surface area contributed by atoms with Crippen molar-refractivity contribution in [2.45, 2.75) is 19.2 Å². The molecular weight excluding hydrogens is 296 g/mol. The lowest BCUT2D eigenvalue weighted by Crippen LogP contribution is -2.41. The molecule has 1 aliphatic rings. The molecule has 0 bridgehead atoms. The lowest BCUT2D eigenvalue weighted by Gasteiger charge is -2.23. The molecule has 110 valence electrons. The van der Waals surface area contributed by atoms with Gasteiger partial charge in [0.05, 0.1) is 6.61 Å². The number of thioether (sulfide) groups is 1. The highest BCUT2D eigenvalue weighted by molar-refractivity contribution is 7.99. The second-order valence-corrected chi connectivity index (χ2v) is 6.84. The first-order valence-electron chi connectivity index (χ1n) is 6.50. The third kappa shape index (κ3) is 3.67. The number of carbonyl (C=O) groups is 2. The Bertz CT molecular complexity index is 490. The summed E-state index contributed by atoms with van der Waals surface area (Å²) in [5.74, 6) is 0.505. The fraction of sp³-hybridized carbons (Fsp3) is 0.538. The van der Waals surface area contributed by atoms with Gasteiger partial charge < -0.3 is 15.0 Å². The van der Waals surface area contributed by atoms with Crippen LogP contribution in [-0.2, 0) is 9.53 Å². The van der Waals surface area contributed by atoms with Crippen molar-refractivity contribution in [1.82, 2.24) is 10.2 Å². The van der Waals surface area contributed by atoms with Crippen LogP contribution in [0.5, 0.6) is 0 Å². The van der Waals surface area contributed by atoms with E-state index >= 15 is 0 Å².